The molecule has 1 aromatic carbocycles. The Hall–Kier alpha value is -2.54. The average molecular weight is 390 g/mol. The molecule has 0 saturated carbocycles. The van der Waals surface area contributed by atoms with Crippen LogP contribution in [0, 0.1) is 11.6 Å². The second-order valence-corrected chi connectivity index (χ2v) is 6.78. The van der Waals surface area contributed by atoms with E-state index in [4.69, 9.17) is 9.47 Å². The van der Waals surface area contributed by atoms with Gasteiger partial charge in [-0.25, -0.2) is 8.78 Å². The number of benzene rings is 1. The number of aryl methyl sites for hydroxylation is 1. The number of carbonyl (C=O) groups is 1. The van der Waals surface area contributed by atoms with Crippen LogP contribution < -0.4 is 4.74 Å². The van der Waals surface area contributed by atoms with Crippen molar-refractivity contribution < 1.29 is 23.0 Å². The molecule has 0 aliphatic carbocycles. The van der Waals surface area contributed by atoms with E-state index in [-0.39, 0.29) is 18.3 Å². The number of nitrogens with zero attached hydrogens (tertiary/aromatic N) is 2. The molecule has 28 heavy (non-hydrogen) atoms. The zero-order valence-corrected chi connectivity index (χ0v) is 15.9. The summed E-state index contributed by atoms with van der Waals surface area (Å²) in [6.07, 6.45) is 4.47. The minimum Gasteiger partial charge on any atom is -0.488 e. The summed E-state index contributed by atoms with van der Waals surface area (Å²) >= 11 is 0. The van der Waals surface area contributed by atoms with Crippen LogP contribution in [0.15, 0.2) is 36.5 Å². The smallest absolute Gasteiger partial charge is 0.272 e. The van der Waals surface area contributed by atoms with Gasteiger partial charge in [0, 0.05) is 18.8 Å². The lowest BCUT2D eigenvalue weighted by Crippen LogP contribution is -2.47. The minimum absolute atomic E-state index is 0.0214. The summed E-state index contributed by atoms with van der Waals surface area (Å²) in [4.78, 5) is 18.6. The van der Waals surface area contributed by atoms with Gasteiger partial charge in [-0.3, -0.25) is 9.78 Å². The zero-order chi connectivity index (χ0) is 19.9. The van der Waals surface area contributed by atoms with Gasteiger partial charge in [0.2, 0.25) is 0 Å². The first-order valence-electron chi connectivity index (χ1n) is 9.50. The number of carbonyl (C=O) groups excluding carboxylic acids is 1. The van der Waals surface area contributed by atoms with Crippen LogP contribution in [0.4, 0.5) is 8.78 Å². The van der Waals surface area contributed by atoms with Gasteiger partial charge in [-0.1, -0.05) is 19.4 Å². The first-order chi connectivity index (χ1) is 13.6. The Morgan fingerprint density at radius 2 is 2.18 bits per heavy atom. The number of halogens is 2. The molecule has 0 radical (unpaired) electrons. The highest BCUT2D eigenvalue weighted by Crippen LogP contribution is 2.19. The van der Waals surface area contributed by atoms with Crippen LogP contribution in [0.2, 0.25) is 0 Å². The average Bonchev–Trinajstić information content (AvgIpc) is 2.73. The number of morpholine rings is 1. The van der Waals surface area contributed by atoms with Gasteiger partial charge in [0.05, 0.1) is 13.2 Å². The molecule has 0 spiro atoms. The van der Waals surface area contributed by atoms with E-state index in [0.29, 0.717) is 25.4 Å². The molecule has 7 heteroatoms. The van der Waals surface area contributed by atoms with E-state index in [1.54, 1.807) is 17.2 Å². The van der Waals surface area contributed by atoms with Gasteiger partial charge in [-0.05, 0) is 36.6 Å². The third kappa shape index (κ3) is 5.25. The van der Waals surface area contributed by atoms with Crippen molar-refractivity contribution in [3.05, 3.63) is 59.4 Å². The zero-order valence-electron chi connectivity index (χ0n) is 15.9. The maximum atomic E-state index is 13.7. The highest BCUT2D eigenvalue weighted by Gasteiger charge is 2.26. The summed E-state index contributed by atoms with van der Waals surface area (Å²) in [6.45, 7) is 3.25. The minimum atomic E-state index is -0.641. The summed E-state index contributed by atoms with van der Waals surface area (Å²) in [5.41, 5.74) is 1.50. The van der Waals surface area contributed by atoms with E-state index < -0.39 is 17.7 Å². The third-order valence-electron chi connectivity index (χ3n) is 4.61. The lowest BCUT2D eigenvalue weighted by Gasteiger charge is -2.32. The molecule has 5 nitrogen and oxygen atoms in total. The molecule has 2 heterocycles. The summed E-state index contributed by atoms with van der Waals surface area (Å²) in [5, 5.41) is 0. The number of hydrogen-bond acceptors (Lipinski definition) is 4. The molecule has 1 unspecified atom stereocenters. The molecule has 1 amide bonds. The van der Waals surface area contributed by atoms with Crippen LogP contribution in [0.3, 0.4) is 0 Å². The number of ether oxygens (including phenoxy) is 2. The molecule has 3 rings (SSSR count). The van der Waals surface area contributed by atoms with Crippen LogP contribution >= 0.6 is 0 Å². The Morgan fingerprint density at radius 3 is 2.93 bits per heavy atom. The fourth-order valence-electron chi connectivity index (χ4n) is 3.02. The summed E-state index contributed by atoms with van der Waals surface area (Å²) in [7, 11) is 0. The van der Waals surface area contributed by atoms with E-state index in [0.717, 1.165) is 43.0 Å². The van der Waals surface area contributed by atoms with Crippen molar-refractivity contribution in [1.82, 2.24) is 9.88 Å². The second kappa shape index (κ2) is 9.59. The predicted octanol–water partition coefficient (Wildman–Crippen LogP) is 3.62. The molecule has 1 atom stereocenters. The van der Waals surface area contributed by atoms with Crippen LogP contribution in [0.25, 0.3) is 0 Å². The molecule has 1 fully saturated rings. The van der Waals surface area contributed by atoms with Crippen molar-refractivity contribution in [1.29, 1.82) is 0 Å². The number of amides is 1. The normalized spacial score (nSPS) is 16.8. The van der Waals surface area contributed by atoms with E-state index in [2.05, 4.69) is 11.9 Å². The first kappa shape index (κ1) is 20.2. The maximum Gasteiger partial charge on any atom is 0.272 e. The number of aromatic nitrogens is 1. The lowest BCUT2D eigenvalue weighted by molar-refractivity contribution is -0.0407. The number of rotatable bonds is 7. The topological polar surface area (TPSA) is 51.7 Å². The Labute approximate surface area is 163 Å². The van der Waals surface area contributed by atoms with Gasteiger partial charge in [0.25, 0.3) is 5.91 Å². The van der Waals surface area contributed by atoms with Crippen molar-refractivity contribution in [2.45, 2.75) is 32.3 Å². The molecule has 1 saturated heterocycles. The first-order valence-corrected chi connectivity index (χ1v) is 9.50. The molecule has 1 aliphatic rings. The molecular formula is C21H24F2N2O3. The van der Waals surface area contributed by atoms with Gasteiger partial charge in [-0.2, -0.15) is 0 Å². The van der Waals surface area contributed by atoms with Gasteiger partial charge in [0.1, 0.15) is 24.2 Å². The Morgan fingerprint density at radius 1 is 1.32 bits per heavy atom. The van der Waals surface area contributed by atoms with E-state index >= 15 is 0 Å². The van der Waals surface area contributed by atoms with Crippen LogP contribution in [-0.4, -0.2) is 48.2 Å². The molecule has 2 aromatic rings. The van der Waals surface area contributed by atoms with E-state index in [9.17, 15) is 13.6 Å². The fraction of sp³-hybridized carbons (Fsp3) is 0.429. The highest BCUT2D eigenvalue weighted by atomic mass is 19.1. The summed E-state index contributed by atoms with van der Waals surface area (Å²) in [5.74, 6) is -1.56. The molecule has 1 aromatic heterocycles. The number of pyridine rings is 1. The van der Waals surface area contributed by atoms with Crippen molar-refractivity contribution in [3.8, 4) is 5.75 Å². The van der Waals surface area contributed by atoms with Gasteiger partial charge < -0.3 is 14.4 Å². The molecule has 1 aliphatic heterocycles. The lowest BCUT2D eigenvalue weighted by atomic mass is 10.1. The second-order valence-electron chi connectivity index (χ2n) is 6.78. The predicted molar refractivity (Wildman–Crippen MR) is 100 cm³/mol. The van der Waals surface area contributed by atoms with Gasteiger partial charge in [0.15, 0.2) is 11.6 Å². The Bertz CT molecular complexity index is 799. The fourth-order valence-corrected chi connectivity index (χ4v) is 3.02. The highest BCUT2D eigenvalue weighted by molar-refractivity contribution is 5.92. The Balaban J connectivity index is 1.56. The maximum absolute atomic E-state index is 13.7. The summed E-state index contributed by atoms with van der Waals surface area (Å²) < 4.78 is 37.8. The quantitative estimate of drug-likeness (QED) is 0.725. The van der Waals surface area contributed by atoms with Crippen LogP contribution in [0.5, 0.6) is 5.75 Å². The van der Waals surface area contributed by atoms with Crippen LogP contribution in [0.1, 0.15) is 35.8 Å². The molecular weight excluding hydrogens is 366 g/mol. The Kier molecular flexibility index (Phi) is 6.92. The molecule has 150 valence electrons. The van der Waals surface area contributed by atoms with Crippen molar-refractivity contribution in [3.63, 3.8) is 0 Å². The van der Waals surface area contributed by atoms with Gasteiger partial charge in [-0.15, -0.1) is 0 Å². The number of hydrogen-bond donors (Lipinski definition) is 0. The monoisotopic (exact) mass is 390 g/mol. The van der Waals surface area contributed by atoms with E-state index in [1.807, 2.05) is 6.07 Å². The molecule has 0 bridgehead atoms. The largest absolute Gasteiger partial charge is 0.488 e. The third-order valence-corrected chi connectivity index (χ3v) is 4.61. The van der Waals surface area contributed by atoms with Crippen molar-refractivity contribution in [2.24, 2.45) is 0 Å². The standard InChI is InChI=1S/C21H24F2N2O3/c1-2-3-4-15-5-8-19(24-12-15)21(26)25-9-10-27-17(13-25)14-28-20-11-16(22)6-7-18(20)23/h5-8,11-12,17H,2-4,9-10,13-14H2,1H3. The van der Waals surface area contributed by atoms with Crippen LogP contribution in [-0.2, 0) is 11.2 Å². The van der Waals surface area contributed by atoms with Crippen molar-refractivity contribution in [2.75, 3.05) is 26.3 Å². The SMILES string of the molecule is CCCCc1ccc(C(=O)N2CCOC(COc3cc(F)ccc3F)C2)nc1. The number of unbranched alkanes of at least 4 members (excludes halogenated alkanes) is 1. The molecule has 0 N–H and O–H groups in total. The summed E-state index contributed by atoms with van der Waals surface area (Å²) in [6, 6.07) is 6.71. The van der Waals surface area contributed by atoms with Crippen molar-refractivity contribution >= 4 is 5.91 Å². The van der Waals surface area contributed by atoms with E-state index in [1.165, 1.54) is 0 Å². The van der Waals surface area contributed by atoms with Gasteiger partial charge >= 0.3 is 0 Å².